The molecule has 1 unspecified atom stereocenters. The van der Waals surface area contributed by atoms with Gasteiger partial charge >= 0.3 is 0 Å². The molecular formula is C29H24. The molecule has 2 aliphatic carbocycles. The fourth-order valence-corrected chi connectivity index (χ4v) is 4.93. The third-order valence-electron chi connectivity index (χ3n) is 6.96. The number of rotatable bonds is 2. The zero-order valence-electron chi connectivity index (χ0n) is 17.4. The molecule has 0 saturated heterocycles. The summed E-state index contributed by atoms with van der Waals surface area (Å²) in [6, 6.07) is 20.6. The standard InChI is InChI=1S/C29H24/c1-16-10-23-25(12-18(16)3)29(27-15-21-14-22(21)27)26-13-19(4)17(2)11-24(26)28(23)20-8-6-5-7-9-20/h5-15,22H,1-4H3. The summed E-state index contributed by atoms with van der Waals surface area (Å²) in [5.41, 5.74) is 12.6. The van der Waals surface area contributed by atoms with Gasteiger partial charge in [0.2, 0.25) is 0 Å². The molecule has 1 atom stereocenters. The van der Waals surface area contributed by atoms with Crippen LogP contribution in [0.25, 0.3) is 38.2 Å². The minimum absolute atomic E-state index is 0.590. The van der Waals surface area contributed by atoms with E-state index < -0.39 is 0 Å². The molecule has 2 aliphatic rings. The van der Waals surface area contributed by atoms with Gasteiger partial charge in [0.1, 0.15) is 0 Å². The second-order valence-electron chi connectivity index (χ2n) is 8.82. The summed E-state index contributed by atoms with van der Waals surface area (Å²) in [6.45, 7) is 8.94. The molecule has 4 aromatic rings. The van der Waals surface area contributed by atoms with Crippen molar-refractivity contribution in [3.05, 3.63) is 100 Å². The van der Waals surface area contributed by atoms with Crippen molar-refractivity contribution in [2.24, 2.45) is 5.92 Å². The van der Waals surface area contributed by atoms with Crippen LogP contribution in [-0.2, 0) is 0 Å². The van der Waals surface area contributed by atoms with Crippen molar-refractivity contribution in [1.29, 1.82) is 0 Å². The molecule has 0 nitrogen and oxygen atoms in total. The molecule has 0 N–H and O–H groups in total. The predicted molar refractivity (Wildman–Crippen MR) is 125 cm³/mol. The first-order valence-electron chi connectivity index (χ1n) is 10.5. The Bertz CT molecular complexity index is 1340. The molecule has 0 saturated carbocycles. The Kier molecular flexibility index (Phi) is 3.30. The SMILES string of the molecule is Cc1cc2c(C3=CC4=CC43)c3cc(C)c(C)cc3c(-c3ccccc3)c2cc1C. The fraction of sp³-hybridized carbons (Fsp3) is 0.172. The Balaban J connectivity index is 1.86. The van der Waals surface area contributed by atoms with Crippen LogP contribution in [0.15, 0.2) is 72.3 Å². The molecule has 0 aromatic heterocycles. The van der Waals surface area contributed by atoms with Gasteiger partial charge in [-0.05, 0) is 99.3 Å². The lowest BCUT2D eigenvalue weighted by molar-refractivity contribution is 1.17. The van der Waals surface area contributed by atoms with Crippen LogP contribution < -0.4 is 0 Å². The van der Waals surface area contributed by atoms with Gasteiger partial charge in [0.15, 0.2) is 0 Å². The fourth-order valence-electron chi connectivity index (χ4n) is 4.93. The van der Waals surface area contributed by atoms with Gasteiger partial charge in [-0.3, -0.25) is 0 Å². The Labute approximate surface area is 172 Å². The maximum atomic E-state index is 2.42. The van der Waals surface area contributed by atoms with E-state index in [1.165, 1.54) is 71.6 Å². The summed E-state index contributed by atoms with van der Waals surface area (Å²) in [6.07, 6.45) is 4.78. The lowest BCUT2D eigenvalue weighted by atomic mass is 9.79. The highest BCUT2D eigenvalue weighted by molar-refractivity contribution is 6.20. The minimum Gasteiger partial charge on any atom is -0.0685 e. The molecule has 0 amide bonds. The zero-order valence-corrected chi connectivity index (χ0v) is 17.4. The number of hydrogen-bond donors (Lipinski definition) is 0. The van der Waals surface area contributed by atoms with Crippen molar-refractivity contribution in [3.8, 4) is 11.1 Å². The highest BCUT2D eigenvalue weighted by Crippen LogP contribution is 2.55. The average Bonchev–Trinajstić information content (AvgIpc) is 3.35. The molecule has 0 spiro atoms. The molecule has 0 heterocycles. The topological polar surface area (TPSA) is 0 Å². The third kappa shape index (κ3) is 2.32. The van der Waals surface area contributed by atoms with Crippen molar-refractivity contribution < 1.29 is 0 Å². The summed E-state index contributed by atoms with van der Waals surface area (Å²) < 4.78 is 0. The summed E-state index contributed by atoms with van der Waals surface area (Å²) in [7, 11) is 0. The van der Waals surface area contributed by atoms with E-state index in [2.05, 4.69) is 94.4 Å². The zero-order chi connectivity index (χ0) is 19.9. The van der Waals surface area contributed by atoms with Gasteiger partial charge in [-0.25, -0.2) is 0 Å². The average molecular weight is 373 g/mol. The maximum Gasteiger partial charge on any atom is 0.0279 e. The van der Waals surface area contributed by atoms with Crippen LogP contribution in [0.5, 0.6) is 0 Å². The Morgan fingerprint density at radius 2 is 1.07 bits per heavy atom. The minimum atomic E-state index is 0.590. The van der Waals surface area contributed by atoms with Gasteiger partial charge in [0.05, 0.1) is 0 Å². The Hall–Kier alpha value is -3.12. The first-order valence-corrected chi connectivity index (χ1v) is 10.5. The van der Waals surface area contributed by atoms with Crippen molar-refractivity contribution in [2.45, 2.75) is 27.7 Å². The lowest BCUT2D eigenvalue weighted by Gasteiger charge is -2.24. The number of aryl methyl sites for hydroxylation is 4. The quantitative estimate of drug-likeness (QED) is 0.314. The Morgan fingerprint density at radius 3 is 1.48 bits per heavy atom. The normalized spacial score (nSPS) is 17.0. The summed E-state index contributed by atoms with van der Waals surface area (Å²) in [5, 5.41) is 5.54. The van der Waals surface area contributed by atoms with E-state index in [1.807, 2.05) is 0 Å². The van der Waals surface area contributed by atoms with Crippen LogP contribution in [0, 0.1) is 33.6 Å². The van der Waals surface area contributed by atoms with Crippen LogP contribution >= 0.6 is 0 Å². The number of benzene rings is 4. The van der Waals surface area contributed by atoms with Gasteiger partial charge in [-0.2, -0.15) is 0 Å². The molecule has 29 heavy (non-hydrogen) atoms. The highest BCUT2D eigenvalue weighted by atomic mass is 14.4. The van der Waals surface area contributed by atoms with E-state index >= 15 is 0 Å². The first kappa shape index (κ1) is 16.8. The van der Waals surface area contributed by atoms with E-state index in [0.29, 0.717) is 5.92 Å². The summed E-state index contributed by atoms with van der Waals surface area (Å²) in [5.74, 6) is 0.590. The molecule has 0 aliphatic heterocycles. The first-order chi connectivity index (χ1) is 14.0. The van der Waals surface area contributed by atoms with Gasteiger partial charge in [-0.1, -0.05) is 66.7 Å². The summed E-state index contributed by atoms with van der Waals surface area (Å²) >= 11 is 0. The second-order valence-corrected chi connectivity index (χ2v) is 8.82. The third-order valence-corrected chi connectivity index (χ3v) is 6.96. The largest absolute Gasteiger partial charge is 0.0685 e. The molecular weight excluding hydrogens is 348 g/mol. The van der Waals surface area contributed by atoms with Crippen LogP contribution in [0.1, 0.15) is 27.8 Å². The smallest absolute Gasteiger partial charge is 0.0279 e. The van der Waals surface area contributed by atoms with Gasteiger partial charge in [0.25, 0.3) is 0 Å². The van der Waals surface area contributed by atoms with E-state index in [1.54, 1.807) is 0 Å². The number of fused-ring (bicyclic) bond motifs is 3. The van der Waals surface area contributed by atoms with E-state index in [-0.39, 0.29) is 0 Å². The molecule has 0 bridgehead atoms. The van der Waals surface area contributed by atoms with E-state index in [9.17, 15) is 0 Å². The van der Waals surface area contributed by atoms with Crippen molar-refractivity contribution >= 4 is 27.1 Å². The molecule has 0 fully saturated rings. The van der Waals surface area contributed by atoms with Gasteiger partial charge < -0.3 is 0 Å². The van der Waals surface area contributed by atoms with Gasteiger partial charge in [0, 0.05) is 5.92 Å². The van der Waals surface area contributed by atoms with Crippen molar-refractivity contribution in [3.63, 3.8) is 0 Å². The second kappa shape index (κ2) is 5.70. The van der Waals surface area contributed by atoms with Crippen LogP contribution in [0.4, 0.5) is 0 Å². The van der Waals surface area contributed by atoms with Crippen molar-refractivity contribution in [2.75, 3.05) is 0 Å². The molecule has 6 rings (SSSR count). The van der Waals surface area contributed by atoms with Gasteiger partial charge in [-0.15, -0.1) is 0 Å². The lowest BCUT2D eigenvalue weighted by Crippen LogP contribution is -2.02. The van der Waals surface area contributed by atoms with Crippen LogP contribution in [0.3, 0.4) is 0 Å². The predicted octanol–water partition coefficient (Wildman–Crippen LogP) is 7.85. The van der Waals surface area contributed by atoms with Crippen molar-refractivity contribution in [1.82, 2.24) is 0 Å². The number of hydrogen-bond acceptors (Lipinski definition) is 0. The van der Waals surface area contributed by atoms with E-state index in [0.717, 1.165) is 0 Å². The summed E-state index contributed by atoms with van der Waals surface area (Å²) in [4.78, 5) is 0. The molecule has 140 valence electrons. The Morgan fingerprint density at radius 1 is 0.586 bits per heavy atom. The molecule has 4 aromatic carbocycles. The molecule has 0 radical (unpaired) electrons. The monoisotopic (exact) mass is 372 g/mol. The van der Waals surface area contributed by atoms with Crippen LogP contribution in [-0.4, -0.2) is 0 Å². The maximum absolute atomic E-state index is 2.42. The number of allylic oxidation sites excluding steroid dienone is 4. The van der Waals surface area contributed by atoms with Crippen LogP contribution in [0.2, 0.25) is 0 Å². The molecule has 0 heteroatoms. The highest BCUT2D eigenvalue weighted by Gasteiger charge is 2.38. The van der Waals surface area contributed by atoms with E-state index in [4.69, 9.17) is 0 Å².